The number of benzene rings is 2. The van der Waals surface area contributed by atoms with Crippen LogP contribution in [0.5, 0.6) is 0 Å². The second-order valence-electron chi connectivity index (χ2n) is 4.75. The molecule has 0 saturated heterocycles. The molecule has 3 aromatic rings. The highest BCUT2D eigenvalue weighted by Gasteiger charge is 2.13. The molecule has 0 aliphatic heterocycles. The van der Waals surface area contributed by atoms with Crippen LogP contribution in [0.1, 0.15) is 6.92 Å². The zero-order chi connectivity index (χ0) is 14.8. The number of hydrogen-bond acceptors (Lipinski definition) is 5. The summed E-state index contributed by atoms with van der Waals surface area (Å²) in [5.41, 5.74) is 12.6. The predicted octanol–water partition coefficient (Wildman–Crippen LogP) is 2.95. The lowest BCUT2D eigenvalue weighted by atomic mass is 10.1. The number of anilines is 4. The number of rotatable bonds is 3. The standard InChI is InChI=1S/C16H17N5/c1-2-21(15-10-14(17)19-16(18)20-15)13-9-5-7-11-6-3-4-8-12(11)13/h3-10H,2H2,1H3,(H4,17,18,19,20). The second-order valence-corrected chi connectivity index (χ2v) is 4.75. The molecule has 0 spiro atoms. The van der Waals surface area contributed by atoms with Crippen molar-refractivity contribution in [2.75, 3.05) is 22.9 Å². The quantitative estimate of drug-likeness (QED) is 0.770. The van der Waals surface area contributed by atoms with Gasteiger partial charge in [0, 0.05) is 18.0 Å². The minimum atomic E-state index is 0.184. The first kappa shape index (κ1) is 13.2. The third-order valence-electron chi connectivity index (χ3n) is 3.40. The topological polar surface area (TPSA) is 81.1 Å². The molecule has 21 heavy (non-hydrogen) atoms. The van der Waals surface area contributed by atoms with Crippen LogP contribution in [-0.4, -0.2) is 16.5 Å². The number of hydrogen-bond donors (Lipinski definition) is 2. The van der Waals surface area contributed by atoms with Crippen LogP contribution in [0.4, 0.5) is 23.3 Å². The van der Waals surface area contributed by atoms with E-state index >= 15 is 0 Å². The van der Waals surface area contributed by atoms with Crippen LogP contribution in [-0.2, 0) is 0 Å². The van der Waals surface area contributed by atoms with Gasteiger partial charge >= 0.3 is 0 Å². The Morgan fingerprint density at radius 2 is 1.76 bits per heavy atom. The van der Waals surface area contributed by atoms with Crippen molar-refractivity contribution in [3.8, 4) is 0 Å². The minimum absolute atomic E-state index is 0.184. The van der Waals surface area contributed by atoms with Gasteiger partial charge in [0.05, 0.1) is 5.69 Å². The summed E-state index contributed by atoms with van der Waals surface area (Å²) >= 11 is 0. The molecule has 106 valence electrons. The van der Waals surface area contributed by atoms with Crippen molar-refractivity contribution in [3.63, 3.8) is 0 Å². The molecule has 1 heterocycles. The molecule has 0 unspecified atom stereocenters. The number of nitrogens with two attached hydrogens (primary N) is 2. The number of nitrogens with zero attached hydrogens (tertiary/aromatic N) is 3. The van der Waals surface area contributed by atoms with E-state index in [-0.39, 0.29) is 5.95 Å². The summed E-state index contributed by atoms with van der Waals surface area (Å²) in [6.45, 7) is 2.82. The van der Waals surface area contributed by atoms with Crippen molar-refractivity contribution in [3.05, 3.63) is 48.5 Å². The van der Waals surface area contributed by atoms with Gasteiger partial charge in [-0.1, -0.05) is 36.4 Å². The predicted molar refractivity (Wildman–Crippen MR) is 87.5 cm³/mol. The van der Waals surface area contributed by atoms with Crippen molar-refractivity contribution >= 4 is 34.0 Å². The van der Waals surface area contributed by atoms with Crippen molar-refractivity contribution in [2.45, 2.75) is 6.92 Å². The first-order valence-electron chi connectivity index (χ1n) is 6.84. The van der Waals surface area contributed by atoms with E-state index in [9.17, 15) is 0 Å². The van der Waals surface area contributed by atoms with E-state index in [0.29, 0.717) is 11.6 Å². The van der Waals surface area contributed by atoms with Crippen LogP contribution in [0.2, 0.25) is 0 Å². The van der Waals surface area contributed by atoms with E-state index in [2.05, 4.69) is 46.1 Å². The summed E-state index contributed by atoms with van der Waals surface area (Å²) in [6.07, 6.45) is 0. The highest BCUT2D eigenvalue weighted by atomic mass is 15.2. The summed E-state index contributed by atoms with van der Waals surface area (Å²) in [4.78, 5) is 10.3. The SMILES string of the molecule is CCN(c1cc(N)nc(N)n1)c1cccc2ccccc12. The largest absolute Gasteiger partial charge is 0.383 e. The molecule has 0 bridgehead atoms. The molecule has 0 aliphatic carbocycles. The highest BCUT2D eigenvalue weighted by Crippen LogP contribution is 2.31. The number of nitrogen functional groups attached to an aromatic ring is 2. The van der Waals surface area contributed by atoms with Crippen molar-refractivity contribution in [1.29, 1.82) is 0 Å². The van der Waals surface area contributed by atoms with Gasteiger partial charge in [-0.25, -0.2) is 0 Å². The van der Waals surface area contributed by atoms with Crippen LogP contribution in [0.3, 0.4) is 0 Å². The summed E-state index contributed by atoms with van der Waals surface area (Å²) in [6, 6.07) is 16.2. The molecule has 3 rings (SSSR count). The first-order valence-corrected chi connectivity index (χ1v) is 6.84. The molecular formula is C16H17N5. The maximum absolute atomic E-state index is 5.78. The Morgan fingerprint density at radius 1 is 1.00 bits per heavy atom. The molecule has 5 heteroatoms. The van der Waals surface area contributed by atoms with Gasteiger partial charge in [-0.3, -0.25) is 0 Å². The van der Waals surface area contributed by atoms with Gasteiger partial charge < -0.3 is 16.4 Å². The van der Waals surface area contributed by atoms with Gasteiger partial charge in [0.2, 0.25) is 5.95 Å². The van der Waals surface area contributed by atoms with Gasteiger partial charge in [0.25, 0.3) is 0 Å². The highest BCUT2D eigenvalue weighted by molar-refractivity contribution is 5.95. The van der Waals surface area contributed by atoms with Crippen LogP contribution in [0.25, 0.3) is 10.8 Å². The minimum Gasteiger partial charge on any atom is -0.383 e. The third-order valence-corrected chi connectivity index (χ3v) is 3.40. The fourth-order valence-corrected chi connectivity index (χ4v) is 2.51. The third kappa shape index (κ3) is 2.45. The fourth-order valence-electron chi connectivity index (χ4n) is 2.51. The molecule has 1 aromatic heterocycles. The Hall–Kier alpha value is -2.82. The molecule has 0 atom stereocenters. The lowest BCUT2D eigenvalue weighted by Crippen LogP contribution is -2.19. The van der Waals surface area contributed by atoms with Gasteiger partial charge in [-0.15, -0.1) is 0 Å². The van der Waals surface area contributed by atoms with Gasteiger partial charge in [-0.2, -0.15) is 9.97 Å². The molecule has 5 nitrogen and oxygen atoms in total. The first-order chi connectivity index (χ1) is 10.2. The van der Waals surface area contributed by atoms with Crippen LogP contribution in [0.15, 0.2) is 48.5 Å². The average molecular weight is 279 g/mol. The second kappa shape index (κ2) is 5.28. The van der Waals surface area contributed by atoms with Crippen molar-refractivity contribution in [1.82, 2.24) is 9.97 Å². The normalized spacial score (nSPS) is 10.7. The molecule has 0 aliphatic rings. The summed E-state index contributed by atoms with van der Waals surface area (Å²) < 4.78 is 0. The summed E-state index contributed by atoms with van der Waals surface area (Å²) in [5.74, 6) is 1.26. The zero-order valence-electron chi connectivity index (χ0n) is 11.8. The molecule has 0 fully saturated rings. The smallest absolute Gasteiger partial charge is 0.223 e. The summed E-state index contributed by atoms with van der Waals surface area (Å²) in [7, 11) is 0. The Balaban J connectivity index is 2.18. The maximum atomic E-state index is 5.78. The van der Waals surface area contributed by atoms with E-state index in [0.717, 1.165) is 17.6 Å². The Labute approximate surface area is 123 Å². The molecule has 0 saturated carbocycles. The van der Waals surface area contributed by atoms with E-state index in [4.69, 9.17) is 11.5 Å². The molecule has 2 aromatic carbocycles. The van der Waals surface area contributed by atoms with Gasteiger partial charge in [0.15, 0.2) is 0 Å². The van der Waals surface area contributed by atoms with Gasteiger partial charge in [0.1, 0.15) is 11.6 Å². The van der Waals surface area contributed by atoms with Crippen molar-refractivity contribution in [2.24, 2.45) is 0 Å². The van der Waals surface area contributed by atoms with E-state index in [1.54, 1.807) is 6.07 Å². The van der Waals surface area contributed by atoms with E-state index < -0.39 is 0 Å². The number of aromatic nitrogens is 2. The van der Waals surface area contributed by atoms with Crippen molar-refractivity contribution < 1.29 is 0 Å². The molecule has 0 amide bonds. The lowest BCUT2D eigenvalue weighted by Gasteiger charge is -2.24. The average Bonchev–Trinajstić information content (AvgIpc) is 2.47. The zero-order valence-corrected chi connectivity index (χ0v) is 11.8. The molecule has 0 radical (unpaired) electrons. The number of fused-ring (bicyclic) bond motifs is 1. The van der Waals surface area contributed by atoms with E-state index in [1.807, 2.05) is 18.2 Å². The van der Waals surface area contributed by atoms with Crippen LogP contribution >= 0.6 is 0 Å². The molecular weight excluding hydrogens is 262 g/mol. The van der Waals surface area contributed by atoms with Crippen LogP contribution in [0, 0.1) is 0 Å². The summed E-state index contributed by atoms with van der Waals surface area (Å²) in [5, 5.41) is 2.35. The fraction of sp³-hybridized carbons (Fsp3) is 0.125. The lowest BCUT2D eigenvalue weighted by molar-refractivity contribution is 0.987. The molecule has 4 N–H and O–H groups in total. The Bertz CT molecular complexity index is 759. The monoisotopic (exact) mass is 279 g/mol. The van der Waals surface area contributed by atoms with Crippen LogP contribution < -0.4 is 16.4 Å². The Morgan fingerprint density at radius 3 is 2.52 bits per heavy atom. The Kier molecular flexibility index (Phi) is 3.31. The van der Waals surface area contributed by atoms with E-state index in [1.165, 1.54) is 5.39 Å². The van der Waals surface area contributed by atoms with Gasteiger partial charge in [-0.05, 0) is 18.4 Å². The maximum Gasteiger partial charge on any atom is 0.223 e.